The van der Waals surface area contributed by atoms with Crippen molar-refractivity contribution in [2.75, 3.05) is 0 Å². The molecule has 37 heavy (non-hydrogen) atoms. The summed E-state index contributed by atoms with van der Waals surface area (Å²) in [4.78, 5) is 26.1. The van der Waals surface area contributed by atoms with Crippen molar-refractivity contribution in [2.45, 2.75) is 18.4 Å². The molecule has 0 atom stereocenters. The van der Waals surface area contributed by atoms with Crippen LogP contribution < -0.4 is 11.1 Å². The van der Waals surface area contributed by atoms with Crippen LogP contribution in [0.15, 0.2) is 93.6 Å². The number of hydrogen-bond acceptors (Lipinski definition) is 5. The summed E-state index contributed by atoms with van der Waals surface area (Å²) < 4.78 is 31.2. The van der Waals surface area contributed by atoms with Gasteiger partial charge in [0.05, 0.1) is 17.2 Å². The number of aryl methyl sites for hydroxylation is 3. The molecule has 3 heterocycles. The van der Waals surface area contributed by atoms with E-state index in [2.05, 4.69) is 0 Å². The Bertz CT molecular complexity index is 1880. The maximum absolute atomic E-state index is 13.7. The highest BCUT2D eigenvalue weighted by Gasteiger charge is 2.27. The smallest absolute Gasteiger partial charge is 0.275 e. The van der Waals surface area contributed by atoms with Gasteiger partial charge in [-0.15, -0.1) is 0 Å². The third kappa shape index (κ3) is 4.02. The van der Waals surface area contributed by atoms with E-state index in [1.807, 2.05) is 37.3 Å². The van der Waals surface area contributed by atoms with Gasteiger partial charge in [-0.05, 0) is 36.2 Å². The van der Waals surface area contributed by atoms with Gasteiger partial charge in [-0.25, -0.2) is 12.4 Å². The fraction of sp³-hybridized carbons (Fsp3) is 0.143. The van der Waals surface area contributed by atoms with Crippen LogP contribution in [0.3, 0.4) is 0 Å². The Morgan fingerprint density at radius 1 is 0.811 bits per heavy atom. The molecule has 5 aromatic rings. The molecule has 0 spiro atoms. The first-order valence-electron chi connectivity index (χ1n) is 11.6. The van der Waals surface area contributed by atoms with Crippen molar-refractivity contribution in [1.82, 2.24) is 13.1 Å². The number of aliphatic hydroxyl groups excluding tert-OH is 1. The monoisotopic (exact) mass is 515 g/mol. The van der Waals surface area contributed by atoms with E-state index in [0.29, 0.717) is 16.5 Å². The first-order chi connectivity index (χ1) is 17.6. The minimum absolute atomic E-state index is 0.00342. The molecule has 2 aromatic carbocycles. The highest BCUT2D eigenvalue weighted by atomic mass is 32.2. The lowest BCUT2D eigenvalue weighted by molar-refractivity contribution is 0.276. The molecule has 0 fully saturated rings. The summed E-state index contributed by atoms with van der Waals surface area (Å²) in [6.45, 7) is 1.24. The van der Waals surface area contributed by atoms with E-state index in [9.17, 15) is 23.1 Å². The second-order valence-corrected chi connectivity index (χ2v) is 10.8. The number of pyridine rings is 2. The first-order valence-corrected chi connectivity index (χ1v) is 13.0. The van der Waals surface area contributed by atoms with Gasteiger partial charge in [0.2, 0.25) is 0 Å². The van der Waals surface area contributed by atoms with Crippen LogP contribution in [0, 0.1) is 6.92 Å². The van der Waals surface area contributed by atoms with Crippen LogP contribution in [0.5, 0.6) is 0 Å². The molecule has 5 rings (SSSR count). The Balaban J connectivity index is 1.90. The highest BCUT2D eigenvalue weighted by molar-refractivity contribution is 7.90. The molecule has 3 aromatic heterocycles. The van der Waals surface area contributed by atoms with E-state index < -0.39 is 22.2 Å². The van der Waals surface area contributed by atoms with Crippen LogP contribution in [-0.4, -0.2) is 26.6 Å². The van der Waals surface area contributed by atoms with Crippen molar-refractivity contribution < 1.29 is 13.5 Å². The minimum Gasteiger partial charge on any atom is -0.390 e. The zero-order valence-corrected chi connectivity index (χ0v) is 21.4. The molecule has 9 heteroatoms. The minimum atomic E-state index is -4.22. The van der Waals surface area contributed by atoms with E-state index in [-0.39, 0.29) is 21.7 Å². The van der Waals surface area contributed by atoms with E-state index in [1.165, 1.54) is 40.4 Å². The number of nitrogens with zero attached hydrogens (tertiary/aromatic N) is 3. The summed E-state index contributed by atoms with van der Waals surface area (Å²) in [6, 6.07) is 18.8. The third-order valence-corrected chi connectivity index (χ3v) is 8.26. The lowest BCUT2D eigenvalue weighted by atomic mass is 9.95. The predicted molar refractivity (Wildman–Crippen MR) is 143 cm³/mol. The fourth-order valence-electron chi connectivity index (χ4n) is 4.56. The standard InChI is InChI=1S/C28H25N3O5S/c1-18-9-11-21(12-10-18)37(35,36)31-20(17-32)13-23-25(16-30(3)28(34)27(23)31)22-14-26(33)29(2)15-24(22)19-7-5-4-6-8-19/h4-16,32H,17H2,1-3H3. The normalized spacial score (nSPS) is 11.8. The van der Waals surface area contributed by atoms with E-state index in [1.54, 1.807) is 31.6 Å². The van der Waals surface area contributed by atoms with Crippen LogP contribution in [-0.2, 0) is 30.7 Å². The van der Waals surface area contributed by atoms with Gasteiger partial charge in [-0.1, -0.05) is 48.0 Å². The predicted octanol–water partition coefficient (Wildman–Crippen LogP) is 3.41. The molecule has 0 aliphatic rings. The highest BCUT2D eigenvalue weighted by Crippen LogP contribution is 2.36. The van der Waals surface area contributed by atoms with Crippen molar-refractivity contribution in [1.29, 1.82) is 0 Å². The van der Waals surface area contributed by atoms with Gasteiger partial charge < -0.3 is 14.2 Å². The second-order valence-electron chi connectivity index (χ2n) is 9.01. The zero-order valence-electron chi connectivity index (χ0n) is 20.5. The summed E-state index contributed by atoms with van der Waals surface area (Å²) in [5.74, 6) is 0. The maximum atomic E-state index is 13.7. The number of benzene rings is 2. The molecule has 0 aliphatic carbocycles. The van der Waals surface area contributed by atoms with Crippen molar-refractivity contribution in [2.24, 2.45) is 14.1 Å². The Kier molecular flexibility index (Phi) is 5.97. The molecule has 0 amide bonds. The molecule has 188 valence electrons. The second kappa shape index (κ2) is 9.02. The number of fused-ring (bicyclic) bond motifs is 1. The summed E-state index contributed by atoms with van der Waals surface area (Å²) in [5.41, 5.74) is 2.67. The lowest BCUT2D eigenvalue weighted by Crippen LogP contribution is -2.24. The Labute approximate surface area is 213 Å². The van der Waals surface area contributed by atoms with Gasteiger partial charge in [-0.2, -0.15) is 0 Å². The molecule has 0 unspecified atom stereocenters. The van der Waals surface area contributed by atoms with Crippen LogP contribution in [0.2, 0.25) is 0 Å². The Morgan fingerprint density at radius 2 is 1.46 bits per heavy atom. The van der Waals surface area contributed by atoms with Crippen LogP contribution >= 0.6 is 0 Å². The molecule has 0 bridgehead atoms. The van der Waals surface area contributed by atoms with Crippen molar-refractivity contribution >= 4 is 20.9 Å². The Hall–Kier alpha value is -4.21. The van der Waals surface area contributed by atoms with E-state index in [0.717, 1.165) is 20.7 Å². The fourth-order valence-corrected chi connectivity index (χ4v) is 6.08. The summed E-state index contributed by atoms with van der Waals surface area (Å²) in [7, 11) is -1.03. The molecular weight excluding hydrogens is 490 g/mol. The van der Waals surface area contributed by atoms with Crippen LogP contribution in [0.25, 0.3) is 33.2 Å². The van der Waals surface area contributed by atoms with Gasteiger partial charge in [0, 0.05) is 49.1 Å². The topological polar surface area (TPSA) is 103 Å². The molecule has 0 saturated carbocycles. The van der Waals surface area contributed by atoms with Gasteiger partial charge >= 0.3 is 0 Å². The zero-order chi connectivity index (χ0) is 26.5. The summed E-state index contributed by atoms with van der Waals surface area (Å²) in [5, 5.41) is 10.5. The maximum Gasteiger partial charge on any atom is 0.275 e. The number of aromatic nitrogens is 3. The van der Waals surface area contributed by atoms with E-state index >= 15 is 0 Å². The molecule has 0 radical (unpaired) electrons. The van der Waals surface area contributed by atoms with Gasteiger partial charge in [0.15, 0.2) is 0 Å². The Morgan fingerprint density at radius 3 is 2.11 bits per heavy atom. The third-order valence-electron chi connectivity index (χ3n) is 6.49. The first kappa shape index (κ1) is 24.5. The molecule has 0 saturated heterocycles. The molecule has 1 N–H and O–H groups in total. The van der Waals surface area contributed by atoms with Crippen LogP contribution in [0.4, 0.5) is 0 Å². The van der Waals surface area contributed by atoms with Crippen LogP contribution in [0.1, 0.15) is 11.3 Å². The molecule has 8 nitrogen and oxygen atoms in total. The quantitative estimate of drug-likeness (QED) is 0.386. The van der Waals surface area contributed by atoms with Crippen molar-refractivity contribution in [3.8, 4) is 22.3 Å². The number of rotatable bonds is 5. The average Bonchev–Trinajstić information content (AvgIpc) is 3.29. The van der Waals surface area contributed by atoms with Gasteiger partial charge in [0.1, 0.15) is 5.52 Å². The number of hydrogen-bond donors (Lipinski definition) is 1. The molecule has 0 aliphatic heterocycles. The summed E-state index contributed by atoms with van der Waals surface area (Å²) >= 11 is 0. The largest absolute Gasteiger partial charge is 0.390 e. The van der Waals surface area contributed by atoms with Gasteiger partial charge in [0.25, 0.3) is 21.1 Å². The van der Waals surface area contributed by atoms with Gasteiger partial charge in [-0.3, -0.25) is 9.59 Å². The van der Waals surface area contributed by atoms with E-state index in [4.69, 9.17) is 0 Å². The van der Waals surface area contributed by atoms with Crippen molar-refractivity contribution in [3.63, 3.8) is 0 Å². The van der Waals surface area contributed by atoms with Crippen molar-refractivity contribution in [3.05, 3.63) is 111 Å². The SMILES string of the molecule is Cc1ccc(S(=O)(=O)n2c(CO)cc3c(-c4cc(=O)n(C)cc4-c4ccccc4)cn(C)c(=O)c32)cc1. The molecular formula is C28H25N3O5S. The average molecular weight is 516 g/mol. The lowest BCUT2D eigenvalue weighted by Gasteiger charge is -2.15. The number of aliphatic hydroxyl groups is 1. The summed E-state index contributed by atoms with van der Waals surface area (Å²) in [6.07, 6.45) is 3.31.